The lowest BCUT2D eigenvalue weighted by Crippen LogP contribution is -2.40. The molecule has 3 heteroatoms. The Balaban J connectivity index is 2.35. The summed E-state index contributed by atoms with van der Waals surface area (Å²) < 4.78 is 0. The zero-order valence-corrected chi connectivity index (χ0v) is 10.0. The number of hydrogen-bond donors (Lipinski definition) is 1. The fourth-order valence-electron chi connectivity index (χ4n) is 2.44. The van der Waals surface area contributed by atoms with Gasteiger partial charge in [-0.15, -0.1) is 0 Å². The van der Waals surface area contributed by atoms with Crippen molar-refractivity contribution in [1.29, 1.82) is 0 Å². The van der Waals surface area contributed by atoms with Crippen LogP contribution in [0.1, 0.15) is 45.4 Å². The topological polar surface area (TPSA) is 46.3 Å². The van der Waals surface area contributed by atoms with E-state index in [1.54, 1.807) is 0 Å². The maximum Gasteiger partial charge on any atom is 0.223 e. The highest BCUT2D eigenvalue weighted by molar-refractivity contribution is 5.76. The highest BCUT2D eigenvalue weighted by Crippen LogP contribution is 2.28. The summed E-state index contributed by atoms with van der Waals surface area (Å²) >= 11 is 0. The van der Waals surface area contributed by atoms with Crippen molar-refractivity contribution in [1.82, 2.24) is 4.90 Å². The summed E-state index contributed by atoms with van der Waals surface area (Å²) in [7, 11) is 1.93. The second-order valence-electron chi connectivity index (χ2n) is 4.63. The SMILES string of the molecule is CCC1CCC(N(C)C(=O)CCN)CC1. The van der Waals surface area contributed by atoms with Gasteiger partial charge in [0.2, 0.25) is 5.91 Å². The van der Waals surface area contributed by atoms with E-state index < -0.39 is 0 Å². The van der Waals surface area contributed by atoms with Crippen molar-refractivity contribution in [3.8, 4) is 0 Å². The largest absolute Gasteiger partial charge is 0.343 e. The van der Waals surface area contributed by atoms with Crippen LogP contribution in [0, 0.1) is 5.92 Å². The van der Waals surface area contributed by atoms with Crippen LogP contribution in [0.2, 0.25) is 0 Å². The van der Waals surface area contributed by atoms with Crippen LogP contribution in [-0.2, 0) is 4.79 Å². The van der Waals surface area contributed by atoms with Gasteiger partial charge in [0.15, 0.2) is 0 Å². The number of nitrogens with two attached hydrogens (primary N) is 1. The lowest BCUT2D eigenvalue weighted by atomic mass is 9.84. The van der Waals surface area contributed by atoms with Gasteiger partial charge in [-0.25, -0.2) is 0 Å². The predicted molar refractivity (Wildman–Crippen MR) is 62.5 cm³/mol. The van der Waals surface area contributed by atoms with Gasteiger partial charge in [0, 0.05) is 26.1 Å². The molecule has 0 aromatic carbocycles. The molecular weight excluding hydrogens is 188 g/mol. The minimum absolute atomic E-state index is 0.206. The summed E-state index contributed by atoms with van der Waals surface area (Å²) in [6, 6.07) is 0.465. The van der Waals surface area contributed by atoms with Crippen molar-refractivity contribution < 1.29 is 4.79 Å². The summed E-state index contributed by atoms with van der Waals surface area (Å²) in [5, 5.41) is 0. The van der Waals surface area contributed by atoms with Gasteiger partial charge in [-0.2, -0.15) is 0 Å². The highest BCUT2D eigenvalue weighted by atomic mass is 16.2. The second kappa shape index (κ2) is 6.11. The quantitative estimate of drug-likeness (QED) is 0.772. The van der Waals surface area contributed by atoms with E-state index >= 15 is 0 Å². The Morgan fingerprint density at radius 3 is 2.40 bits per heavy atom. The van der Waals surface area contributed by atoms with Gasteiger partial charge in [0.25, 0.3) is 0 Å². The average Bonchev–Trinajstić information content (AvgIpc) is 2.28. The van der Waals surface area contributed by atoms with E-state index in [9.17, 15) is 4.79 Å². The molecule has 2 N–H and O–H groups in total. The molecule has 1 amide bonds. The Kier molecular flexibility index (Phi) is 5.09. The van der Waals surface area contributed by atoms with Crippen molar-refractivity contribution in [2.24, 2.45) is 11.7 Å². The molecule has 0 atom stereocenters. The lowest BCUT2D eigenvalue weighted by Gasteiger charge is -2.34. The number of amides is 1. The molecule has 0 aromatic heterocycles. The number of carbonyl (C=O) groups excluding carboxylic acids is 1. The molecule has 1 saturated carbocycles. The Morgan fingerprint density at radius 1 is 1.33 bits per heavy atom. The van der Waals surface area contributed by atoms with Crippen LogP contribution in [0.15, 0.2) is 0 Å². The summed E-state index contributed by atoms with van der Waals surface area (Å²) in [5.41, 5.74) is 5.39. The van der Waals surface area contributed by atoms with Gasteiger partial charge >= 0.3 is 0 Å². The molecule has 0 heterocycles. The minimum Gasteiger partial charge on any atom is -0.343 e. The van der Waals surface area contributed by atoms with Crippen LogP contribution in [0.25, 0.3) is 0 Å². The van der Waals surface area contributed by atoms with E-state index in [0.717, 1.165) is 5.92 Å². The third kappa shape index (κ3) is 3.49. The molecule has 1 aliphatic rings. The maximum atomic E-state index is 11.6. The third-order valence-corrected chi connectivity index (χ3v) is 3.69. The first-order valence-corrected chi connectivity index (χ1v) is 6.14. The Labute approximate surface area is 93.0 Å². The summed E-state index contributed by atoms with van der Waals surface area (Å²) in [5.74, 6) is 1.09. The van der Waals surface area contributed by atoms with Crippen molar-refractivity contribution in [3.63, 3.8) is 0 Å². The van der Waals surface area contributed by atoms with Gasteiger partial charge < -0.3 is 10.6 Å². The van der Waals surface area contributed by atoms with Crippen LogP contribution < -0.4 is 5.73 Å². The fourth-order valence-corrected chi connectivity index (χ4v) is 2.44. The van der Waals surface area contributed by atoms with Crippen LogP contribution in [-0.4, -0.2) is 30.4 Å². The number of carbonyl (C=O) groups is 1. The van der Waals surface area contributed by atoms with Gasteiger partial charge in [-0.1, -0.05) is 13.3 Å². The van der Waals surface area contributed by atoms with Crippen molar-refractivity contribution in [2.75, 3.05) is 13.6 Å². The number of hydrogen-bond acceptors (Lipinski definition) is 2. The van der Waals surface area contributed by atoms with Crippen LogP contribution >= 0.6 is 0 Å². The monoisotopic (exact) mass is 212 g/mol. The van der Waals surface area contributed by atoms with E-state index in [0.29, 0.717) is 19.0 Å². The molecule has 0 bridgehead atoms. The molecule has 0 aromatic rings. The van der Waals surface area contributed by atoms with E-state index in [-0.39, 0.29) is 5.91 Å². The number of rotatable bonds is 4. The van der Waals surface area contributed by atoms with Crippen molar-refractivity contribution in [3.05, 3.63) is 0 Å². The third-order valence-electron chi connectivity index (χ3n) is 3.69. The van der Waals surface area contributed by atoms with Gasteiger partial charge in [0.05, 0.1) is 0 Å². The van der Waals surface area contributed by atoms with Gasteiger partial charge in [-0.3, -0.25) is 4.79 Å². The maximum absolute atomic E-state index is 11.6. The Morgan fingerprint density at radius 2 is 1.93 bits per heavy atom. The van der Waals surface area contributed by atoms with Gasteiger partial charge in [-0.05, 0) is 31.6 Å². The van der Waals surface area contributed by atoms with Crippen LogP contribution in [0.3, 0.4) is 0 Å². The summed E-state index contributed by atoms with van der Waals surface area (Å²) in [6.07, 6.45) is 6.68. The Hall–Kier alpha value is -0.570. The smallest absolute Gasteiger partial charge is 0.223 e. The normalized spacial score (nSPS) is 26.3. The van der Waals surface area contributed by atoms with E-state index in [2.05, 4.69) is 6.92 Å². The first-order valence-electron chi connectivity index (χ1n) is 6.14. The molecule has 0 spiro atoms. The standard InChI is InChI=1S/C12H24N2O/c1-3-10-4-6-11(7-5-10)14(2)12(15)8-9-13/h10-11H,3-9,13H2,1-2H3. The second-order valence-corrected chi connectivity index (χ2v) is 4.63. The molecule has 1 fully saturated rings. The zero-order valence-electron chi connectivity index (χ0n) is 10.0. The molecule has 3 nitrogen and oxygen atoms in total. The molecule has 15 heavy (non-hydrogen) atoms. The van der Waals surface area contributed by atoms with Crippen molar-refractivity contribution >= 4 is 5.91 Å². The van der Waals surface area contributed by atoms with Crippen molar-refractivity contribution in [2.45, 2.75) is 51.5 Å². The predicted octanol–water partition coefficient (Wildman–Crippen LogP) is 1.76. The molecule has 0 saturated heterocycles. The molecule has 0 radical (unpaired) electrons. The number of nitrogens with zero attached hydrogens (tertiary/aromatic N) is 1. The summed E-state index contributed by atoms with van der Waals surface area (Å²) in [4.78, 5) is 13.6. The van der Waals surface area contributed by atoms with E-state index in [1.165, 1.54) is 32.1 Å². The highest BCUT2D eigenvalue weighted by Gasteiger charge is 2.25. The molecule has 0 aliphatic heterocycles. The first-order chi connectivity index (χ1) is 7.19. The molecule has 1 aliphatic carbocycles. The van der Waals surface area contributed by atoms with E-state index in [1.807, 2.05) is 11.9 Å². The molecular formula is C12H24N2O. The van der Waals surface area contributed by atoms with Crippen LogP contribution in [0.5, 0.6) is 0 Å². The van der Waals surface area contributed by atoms with E-state index in [4.69, 9.17) is 5.73 Å². The average molecular weight is 212 g/mol. The molecule has 0 unspecified atom stereocenters. The Bertz CT molecular complexity index is 198. The first kappa shape index (κ1) is 12.5. The lowest BCUT2D eigenvalue weighted by molar-refractivity contribution is -0.132. The summed E-state index contributed by atoms with van der Waals surface area (Å²) in [6.45, 7) is 2.72. The fraction of sp³-hybridized carbons (Fsp3) is 0.917. The minimum atomic E-state index is 0.206. The van der Waals surface area contributed by atoms with Gasteiger partial charge in [0.1, 0.15) is 0 Å². The molecule has 1 rings (SSSR count). The zero-order chi connectivity index (χ0) is 11.3. The van der Waals surface area contributed by atoms with Crippen LogP contribution in [0.4, 0.5) is 0 Å². The molecule has 88 valence electrons.